The zero-order chi connectivity index (χ0) is 12.4. The number of fused-ring (bicyclic) bond motifs is 2. The predicted octanol–water partition coefficient (Wildman–Crippen LogP) is 0.333. The summed E-state index contributed by atoms with van der Waals surface area (Å²) in [5.74, 6) is -4.11. The van der Waals surface area contributed by atoms with E-state index in [9.17, 15) is 19.5 Å². The Kier molecular flexibility index (Phi) is 1.60. The molecule has 2 aliphatic rings. The number of hydrogen-bond acceptors (Lipinski definition) is 6. The Morgan fingerprint density at radius 2 is 1.59 bits per heavy atom. The monoisotopic (exact) mass is 234 g/mol. The molecule has 1 atom stereocenters. The molecule has 1 aromatic rings. The van der Waals surface area contributed by atoms with Crippen LogP contribution in [0.2, 0.25) is 0 Å². The lowest BCUT2D eigenvalue weighted by Crippen LogP contribution is -2.20. The van der Waals surface area contributed by atoms with Gasteiger partial charge in [0.25, 0.3) is 0 Å². The van der Waals surface area contributed by atoms with Gasteiger partial charge in [-0.3, -0.25) is 0 Å². The van der Waals surface area contributed by atoms with Crippen LogP contribution in [0.1, 0.15) is 43.6 Å². The van der Waals surface area contributed by atoms with Crippen molar-refractivity contribution in [3.63, 3.8) is 0 Å². The van der Waals surface area contributed by atoms with Crippen molar-refractivity contribution < 1.29 is 29.0 Å². The maximum atomic E-state index is 11.4. The number of esters is 3. The van der Waals surface area contributed by atoms with Crippen molar-refractivity contribution in [2.75, 3.05) is 0 Å². The van der Waals surface area contributed by atoms with Gasteiger partial charge in [-0.25, -0.2) is 14.4 Å². The van der Waals surface area contributed by atoms with Crippen LogP contribution in [-0.4, -0.2) is 23.0 Å². The third kappa shape index (κ3) is 1.15. The van der Waals surface area contributed by atoms with Gasteiger partial charge >= 0.3 is 17.9 Å². The van der Waals surface area contributed by atoms with Gasteiger partial charge in [0.2, 0.25) is 5.79 Å². The molecule has 86 valence electrons. The molecule has 0 spiro atoms. The third-order valence-electron chi connectivity index (χ3n) is 2.79. The lowest BCUT2D eigenvalue weighted by atomic mass is 9.97. The summed E-state index contributed by atoms with van der Waals surface area (Å²) in [6.07, 6.45) is 0. The lowest BCUT2D eigenvalue weighted by Gasteiger charge is -2.15. The van der Waals surface area contributed by atoms with E-state index in [1.165, 1.54) is 19.1 Å². The van der Waals surface area contributed by atoms with E-state index >= 15 is 0 Å². The molecule has 1 N–H and O–H groups in total. The number of hydrogen-bond donors (Lipinski definition) is 1. The van der Waals surface area contributed by atoms with Crippen LogP contribution in [0.15, 0.2) is 12.1 Å². The first-order valence-electron chi connectivity index (χ1n) is 4.81. The van der Waals surface area contributed by atoms with E-state index in [1.807, 2.05) is 0 Å². The lowest BCUT2D eigenvalue weighted by molar-refractivity contribution is -0.147. The maximum absolute atomic E-state index is 11.4. The summed E-state index contributed by atoms with van der Waals surface area (Å²) in [7, 11) is 0. The van der Waals surface area contributed by atoms with Gasteiger partial charge in [-0.15, -0.1) is 0 Å². The van der Waals surface area contributed by atoms with Crippen LogP contribution in [0.4, 0.5) is 0 Å². The summed E-state index contributed by atoms with van der Waals surface area (Å²) in [5.41, 5.74) is 0.282. The minimum Gasteiger partial charge on any atom is -0.425 e. The number of aliphatic hydroxyl groups is 1. The molecule has 1 aromatic carbocycles. The molecule has 6 heteroatoms. The van der Waals surface area contributed by atoms with Crippen molar-refractivity contribution in [2.24, 2.45) is 0 Å². The second-order valence-electron chi connectivity index (χ2n) is 3.99. The number of carbonyl (C=O) groups excluding carboxylic acids is 3. The fourth-order valence-electron chi connectivity index (χ4n) is 1.97. The fourth-order valence-corrected chi connectivity index (χ4v) is 1.97. The van der Waals surface area contributed by atoms with E-state index in [1.54, 1.807) is 0 Å². The van der Waals surface area contributed by atoms with E-state index in [-0.39, 0.29) is 22.3 Å². The molecule has 0 fully saturated rings. The normalized spacial score (nSPS) is 25.4. The Balaban J connectivity index is 2.32. The quantitative estimate of drug-likeness (QED) is 0.514. The molecule has 0 saturated heterocycles. The summed E-state index contributed by atoms with van der Waals surface area (Å²) < 4.78 is 9.12. The summed E-state index contributed by atoms with van der Waals surface area (Å²) in [6.45, 7) is 1.28. The average molecular weight is 234 g/mol. The molecule has 0 aliphatic carbocycles. The fraction of sp³-hybridized carbons (Fsp3) is 0.182. The highest BCUT2D eigenvalue weighted by atomic mass is 16.7. The molecule has 1 unspecified atom stereocenters. The Morgan fingerprint density at radius 3 is 2.24 bits per heavy atom. The highest BCUT2D eigenvalue weighted by Gasteiger charge is 2.43. The highest BCUT2D eigenvalue weighted by molar-refractivity contribution is 6.16. The zero-order valence-corrected chi connectivity index (χ0v) is 8.64. The summed E-state index contributed by atoms with van der Waals surface area (Å²) in [5, 5.41) is 9.82. The summed E-state index contributed by atoms with van der Waals surface area (Å²) in [4.78, 5) is 34.1. The predicted molar refractivity (Wildman–Crippen MR) is 51.2 cm³/mol. The van der Waals surface area contributed by atoms with Crippen molar-refractivity contribution in [3.8, 4) is 0 Å². The van der Waals surface area contributed by atoms with Crippen LogP contribution in [0.5, 0.6) is 0 Å². The summed E-state index contributed by atoms with van der Waals surface area (Å²) >= 11 is 0. The van der Waals surface area contributed by atoms with Gasteiger partial charge in [0.15, 0.2) is 0 Å². The number of ether oxygens (including phenoxy) is 2. The van der Waals surface area contributed by atoms with E-state index in [4.69, 9.17) is 4.74 Å². The van der Waals surface area contributed by atoms with Crippen molar-refractivity contribution in [1.82, 2.24) is 0 Å². The van der Waals surface area contributed by atoms with Crippen LogP contribution >= 0.6 is 0 Å². The molecule has 2 heterocycles. The zero-order valence-electron chi connectivity index (χ0n) is 8.64. The van der Waals surface area contributed by atoms with E-state index in [0.717, 1.165) is 0 Å². The molecule has 0 saturated carbocycles. The van der Waals surface area contributed by atoms with Gasteiger partial charge in [-0.2, -0.15) is 0 Å². The first-order valence-corrected chi connectivity index (χ1v) is 4.81. The van der Waals surface area contributed by atoms with Crippen LogP contribution < -0.4 is 0 Å². The number of rotatable bonds is 0. The van der Waals surface area contributed by atoms with Crippen LogP contribution in [0.3, 0.4) is 0 Å². The minimum atomic E-state index is -1.78. The van der Waals surface area contributed by atoms with Crippen molar-refractivity contribution in [1.29, 1.82) is 0 Å². The second kappa shape index (κ2) is 2.72. The Labute approximate surface area is 94.8 Å². The van der Waals surface area contributed by atoms with E-state index < -0.39 is 23.7 Å². The van der Waals surface area contributed by atoms with Crippen LogP contribution in [0, 0.1) is 0 Å². The second-order valence-corrected chi connectivity index (χ2v) is 3.99. The molecule has 0 amide bonds. The first kappa shape index (κ1) is 9.98. The van der Waals surface area contributed by atoms with Gasteiger partial charge in [-0.05, 0) is 12.1 Å². The van der Waals surface area contributed by atoms with Crippen molar-refractivity contribution in [2.45, 2.75) is 12.7 Å². The van der Waals surface area contributed by atoms with Gasteiger partial charge < -0.3 is 14.6 Å². The standard InChI is InChI=1S/C11H6O6/c1-11(15)7-3-5-4(8(12)16-9(5)13)2-6(7)10(14)17-11/h2-3,15H,1H3. The Bertz CT molecular complexity index is 598. The van der Waals surface area contributed by atoms with Gasteiger partial charge in [0, 0.05) is 12.5 Å². The average Bonchev–Trinajstić information content (AvgIpc) is 2.63. The number of cyclic esters (lactones) is 3. The molecule has 0 radical (unpaired) electrons. The number of benzene rings is 1. The van der Waals surface area contributed by atoms with Crippen molar-refractivity contribution in [3.05, 3.63) is 34.4 Å². The van der Waals surface area contributed by atoms with Crippen LogP contribution in [0.25, 0.3) is 0 Å². The van der Waals surface area contributed by atoms with E-state index in [0.29, 0.717) is 0 Å². The maximum Gasteiger partial charge on any atom is 0.346 e. The molecule has 0 bridgehead atoms. The smallest absolute Gasteiger partial charge is 0.346 e. The van der Waals surface area contributed by atoms with Crippen LogP contribution in [-0.2, 0) is 15.3 Å². The third-order valence-corrected chi connectivity index (χ3v) is 2.79. The van der Waals surface area contributed by atoms with E-state index in [2.05, 4.69) is 4.74 Å². The topological polar surface area (TPSA) is 89.9 Å². The largest absolute Gasteiger partial charge is 0.425 e. The molecule has 2 aliphatic heterocycles. The Morgan fingerprint density at radius 1 is 1.00 bits per heavy atom. The molecule has 3 rings (SSSR count). The van der Waals surface area contributed by atoms with Gasteiger partial charge in [0.05, 0.1) is 16.7 Å². The molecule has 6 nitrogen and oxygen atoms in total. The SMILES string of the molecule is CC1(O)OC(=O)c2cc3c(cc21)C(=O)OC3=O. The molecule has 0 aromatic heterocycles. The Hall–Kier alpha value is -2.21. The first-order chi connectivity index (χ1) is 7.90. The molecular weight excluding hydrogens is 228 g/mol. The minimum absolute atomic E-state index is 0.0170. The van der Waals surface area contributed by atoms with Gasteiger partial charge in [-0.1, -0.05) is 0 Å². The summed E-state index contributed by atoms with van der Waals surface area (Å²) in [6, 6.07) is 2.46. The van der Waals surface area contributed by atoms with Gasteiger partial charge in [0.1, 0.15) is 0 Å². The van der Waals surface area contributed by atoms with Crippen molar-refractivity contribution >= 4 is 17.9 Å². The molecular formula is C11H6O6. The number of carbonyl (C=O) groups is 3. The highest BCUT2D eigenvalue weighted by Crippen LogP contribution is 2.37. The molecule has 17 heavy (non-hydrogen) atoms.